The summed E-state index contributed by atoms with van der Waals surface area (Å²) in [5.41, 5.74) is 7.15. The molecule has 1 atom stereocenters. The Morgan fingerprint density at radius 2 is 1.95 bits per heavy atom. The summed E-state index contributed by atoms with van der Waals surface area (Å²) in [5, 5.41) is 4.34. The smallest absolute Gasteiger partial charge is 0.197 e. The number of rotatable bonds is 6. The van der Waals surface area contributed by atoms with E-state index in [0.717, 1.165) is 11.4 Å². The quantitative estimate of drug-likeness (QED) is 0.854. The Labute approximate surface area is 124 Å². The molecule has 4 nitrogen and oxygen atoms in total. The third-order valence-corrected chi connectivity index (χ3v) is 3.56. The zero-order chi connectivity index (χ0) is 14.5. The number of anilines is 2. The van der Waals surface area contributed by atoms with Crippen molar-refractivity contribution in [2.24, 2.45) is 0 Å². The molecule has 1 aromatic heterocycles. The van der Waals surface area contributed by atoms with Crippen molar-refractivity contribution in [2.45, 2.75) is 39.3 Å². The van der Waals surface area contributed by atoms with Gasteiger partial charge in [-0.05, 0) is 44.3 Å². The van der Waals surface area contributed by atoms with Crippen molar-refractivity contribution in [3.05, 3.63) is 35.9 Å². The van der Waals surface area contributed by atoms with E-state index in [1.54, 1.807) is 0 Å². The van der Waals surface area contributed by atoms with Crippen LogP contribution >= 0.6 is 11.5 Å². The zero-order valence-electron chi connectivity index (χ0n) is 12.1. The highest BCUT2D eigenvalue weighted by Crippen LogP contribution is 2.36. The summed E-state index contributed by atoms with van der Waals surface area (Å²) in [4.78, 5) is 0. The van der Waals surface area contributed by atoms with Crippen LogP contribution in [0.3, 0.4) is 0 Å². The summed E-state index contributed by atoms with van der Waals surface area (Å²) in [5.74, 6) is 1.13. The van der Waals surface area contributed by atoms with Crippen LogP contribution in [0.2, 0.25) is 0 Å². The molecule has 20 heavy (non-hydrogen) atoms. The lowest BCUT2D eigenvalue weighted by Gasteiger charge is -2.16. The van der Waals surface area contributed by atoms with Crippen LogP contribution in [0.4, 0.5) is 10.8 Å². The lowest BCUT2D eigenvalue weighted by molar-refractivity contribution is 0.245. The number of aromatic nitrogens is 1. The van der Waals surface area contributed by atoms with Crippen LogP contribution in [0.1, 0.15) is 26.3 Å². The zero-order valence-corrected chi connectivity index (χ0v) is 12.9. The number of hydrogen-bond acceptors (Lipinski definition) is 5. The first-order chi connectivity index (χ1) is 9.56. The van der Waals surface area contributed by atoms with Crippen molar-refractivity contribution in [1.82, 2.24) is 4.37 Å². The second-order valence-electron chi connectivity index (χ2n) is 5.13. The van der Waals surface area contributed by atoms with E-state index in [2.05, 4.69) is 40.9 Å². The van der Waals surface area contributed by atoms with Gasteiger partial charge in [-0.3, -0.25) is 0 Å². The number of nitrogen functional groups attached to an aromatic ring is 1. The van der Waals surface area contributed by atoms with E-state index in [1.807, 2.05) is 19.9 Å². The van der Waals surface area contributed by atoms with E-state index in [1.165, 1.54) is 17.1 Å². The molecule has 1 heterocycles. The first kappa shape index (κ1) is 14.7. The van der Waals surface area contributed by atoms with Gasteiger partial charge >= 0.3 is 0 Å². The predicted molar refractivity (Wildman–Crippen MR) is 85.5 cm³/mol. The highest BCUT2D eigenvalue weighted by atomic mass is 32.1. The minimum Gasteiger partial charge on any atom is -0.484 e. The van der Waals surface area contributed by atoms with Gasteiger partial charge in [-0.25, -0.2) is 0 Å². The predicted octanol–water partition coefficient (Wildman–Crippen LogP) is 3.56. The van der Waals surface area contributed by atoms with Crippen LogP contribution in [0.5, 0.6) is 5.75 Å². The van der Waals surface area contributed by atoms with Crippen LogP contribution in [0, 0.1) is 0 Å². The molecular weight excluding hydrogens is 270 g/mol. The molecule has 0 aliphatic rings. The Bertz CT molecular complexity index is 539. The number of nitrogens with two attached hydrogens (primary N) is 1. The monoisotopic (exact) mass is 291 g/mol. The molecule has 0 fully saturated rings. The summed E-state index contributed by atoms with van der Waals surface area (Å²) in [6.07, 6.45) is 1.03. The largest absolute Gasteiger partial charge is 0.484 e. The number of ether oxygens (including phenoxy) is 1. The Kier molecular flexibility index (Phi) is 4.84. The Balaban J connectivity index is 2.02. The minimum atomic E-state index is 0.0821. The molecule has 0 aliphatic carbocycles. The second kappa shape index (κ2) is 6.61. The van der Waals surface area contributed by atoms with Crippen molar-refractivity contribution in [3.63, 3.8) is 0 Å². The fourth-order valence-electron chi connectivity index (χ4n) is 1.98. The summed E-state index contributed by atoms with van der Waals surface area (Å²) >= 11 is 1.35. The molecule has 2 aromatic rings. The van der Waals surface area contributed by atoms with Gasteiger partial charge in [0.1, 0.15) is 0 Å². The molecule has 0 saturated carbocycles. The maximum absolute atomic E-state index is 5.85. The summed E-state index contributed by atoms with van der Waals surface area (Å²) in [6.45, 7) is 6.10. The van der Waals surface area contributed by atoms with Gasteiger partial charge in [-0.15, -0.1) is 0 Å². The van der Waals surface area contributed by atoms with Crippen LogP contribution < -0.4 is 15.8 Å². The standard InChI is InChI=1S/C15H21N3OS/c1-10(2)19-13-14(16)18-20-15(13)17-11(3)9-12-7-5-4-6-8-12/h4-8,10-11,17H,9H2,1-3H3,(H2,16,18). The summed E-state index contributed by atoms with van der Waals surface area (Å²) < 4.78 is 9.89. The summed E-state index contributed by atoms with van der Waals surface area (Å²) in [6, 6.07) is 10.7. The Morgan fingerprint density at radius 1 is 1.25 bits per heavy atom. The van der Waals surface area contributed by atoms with Crippen LogP contribution in [0.25, 0.3) is 0 Å². The van der Waals surface area contributed by atoms with Crippen molar-refractivity contribution in [3.8, 4) is 5.75 Å². The Morgan fingerprint density at radius 3 is 2.60 bits per heavy atom. The van der Waals surface area contributed by atoms with Gasteiger partial charge in [0.15, 0.2) is 16.6 Å². The molecule has 108 valence electrons. The van der Waals surface area contributed by atoms with Gasteiger partial charge in [0.2, 0.25) is 0 Å². The third-order valence-electron chi connectivity index (χ3n) is 2.79. The topological polar surface area (TPSA) is 60.2 Å². The lowest BCUT2D eigenvalue weighted by Crippen LogP contribution is -2.18. The van der Waals surface area contributed by atoms with Crippen LogP contribution in [-0.4, -0.2) is 16.5 Å². The normalized spacial score (nSPS) is 12.4. The van der Waals surface area contributed by atoms with Gasteiger partial charge in [0, 0.05) is 6.04 Å². The average molecular weight is 291 g/mol. The maximum Gasteiger partial charge on any atom is 0.197 e. The van der Waals surface area contributed by atoms with Gasteiger partial charge in [0.25, 0.3) is 0 Å². The molecule has 0 saturated heterocycles. The molecule has 3 N–H and O–H groups in total. The second-order valence-corrected chi connectivity index (χ2v) is 5.90. The maximum atomic E-state index is 5.85. The van der Waals surface area contributed by atoms with E-state index in [4.69, 9.17) is 10.5 Å². The fraction of sp³-hybridized carbons (Fsp3) is 0.400. The third kappa shape index (κ3) is 3.87. The SMILES string of the molecule is CC(Cc1ccccc1)Nc1snc(N)c1OC(C)C. The number of nitrogens with zero attached hydrogens (tertiary/aromatic N) is 1. The van der Waals surface area contributed by atoms with E-state index >= 15 is 0 Å². The minimum absolute atomic E-state index is 0.0821. The molecule has 1 unspecified atom stereocenters. The van der Waals surface area contributed by atoms with Gasteiger partial charge in [-0.2, -0.15) is 4.37 Å². The molecule has 0 amide bonds. The molecule has 0 aliphatic heterocycles. The Hall–Kier alpha value is -1.75. The molecule has 2 rings (SSSR count). The van der Waals surface area contributed by atoms with E-state index in [9.17, 15) is 0 Å². The highest BCUT2D eigenvalue weighted by Gasteiger charge is 2.16. The van der Waals surface area contributed by atoms with Crippen molar-refractivity contribution in [2.75, 3.05) is 11.1 Å². The van der Waals surface area contributed by atoms with Crippen molar-refractivity contribution >= 4 is 22.4 Å². The first-order valence-electron chi connectivity index (χ1n) is 6.78. The van der Waals surface area contributed by atoms with Gasteiger partial charge in [-0.1, -0.05) is 30.3 Å². The van der Waals surface area contributed by atoms with Crippen LogP contribution in [-0.2, 0) is 6.42 Å². The molecule has 5 heteroatoms. The molecule has 1 aromatic carbocycles. The fourth-order valence-corrected chi connectivity index (χ4v) is 2.74. The van der Waals surface area contributed by atoms with Gasteiger partial charge < -0.3 is 15.8 Å². The van der Waals surface area contributed by atoms with Crippen LogP contribution in [0.15, 0.2) is 30.3 Å². The molecule has 0 radical (unpaired) electrons. The van der Waals surface area contributed by atoms with Crippen molar-refractivity contribution < 1.29 is 4.74 Å². The van der Waals surface area contributed by atoms with E-state index in [-0.39, 0.29) is 12.1 Å². The van der Waals surface area contributed by atoms with Crippen molar-refractivity contribution in [1.29, 1.82) is 0 Å². The highest BCUT2D eigenvalue weighted by molar-refractivity contribution is 7.11. The number of nitrogens with one attached hydrogen (secondary N) is 1. The van der Waals surface area contributed by atoms with E-state index < -0.39 is 0 Å². The number of hydrogen-bond donors (Lipinski definition) is 2. The average Bonchev–Trinajstić information content (AvgIpc) is 2.72. The van der Waals surface area contributed by atoms with Gasteiger partial charge in [0.05, 0.1) is 6.10 Å². The molecule has 0 spiro atoms. The molecular formula is C15H21N3OS. The lowest BCUT2D eigenvalue weighted by atomic mass is 10.1. The molecule has 0 bridgehead atoms. The summed E-state index contributed by atoms with van der Waals surface area (Å²) in [7, 11) is 0. The first-order valence-corrected chi connectivity index (χ1v) is 7.56. The number of benzene rings is 1. The van der Waals surface area contributed by atoms with E-state index in [0.29, 0.717) is 11.6 Å².